The lowest BCUT2D eigenvalue weighted by molar-refractivity contribution is -0.123. The Morgan fingerprint density at radius 2 is 2.00 bits per heavy atom. The van der Waals surface area contributed by atoms with Gasteiger partial charge in [0.2, 0.25) is 5.91 Å². The standard InChI is InChI=1S/C12H22N4O/c1-11(2,3)16-8-9(7-15-16)6-14-12(4,5)10(13)17/h7-8,14H,6H2,1-5H3,(H2,13,17). The van der Waals surface area contributed by atoms with Gasteiger partial charge in [0.25, 0.3) is 0 Å². The summed E-state index contributed by atoms with van der Waals surface area (Å²) in [5.74, 6) is -0.360. The first-order valence-corrected chi connectivity index (χ1v) is 5.72. The van der Waals surface area contributed by atoms with Crippen molar-refractivity contribution in [3.8, 4) is 0 Å². The molecule has 0 fully saturated rings. The third-order valence-corrected chi connectivity index (χ3v) is 2.67. The largest absolute Gasteiger partial charge is 0.368 e. The predicted octanol–water partition coefficient (Wildman–Crippen LogP) is 0.992. The first-order valence-electron chi connectivity index (χ1n) is 5.72. The van der Waals surface area contributed by atoms with E-state index in [4.69, 9.17) is 5.73 Å². The van der Waals surface area contributed by atoms with Crippen LogP contribution in [0.25, 0.3) is 0 Å². The molecule has 0 atom stereocenters. The number of nitrogens with one attached hydrogen (secondary N) is 1. The van der Waals surface area contributed by atoms with Gasteiger partial charge in [0.05, 0.1) is 17.3 Å². The monoisotopic (exact) mass is 238 g/mol. The summed E-state index contributed by atoms with van der Waals surface area (Å²) in [5.41, 5.74) is 5.59. The number of carbonyl (C=O) groups excluding carboxylic acids is 1. The molecule has 3 N–H and O–H groups in total. The van der Waals surface area contributed by atoms with Crippen molar-refractivity contribution < 1.29 is 4.79 Å². The second kappa shape index (κ2) is 4.49. The molecule has 1 aromatic heterocycles. The predicted molar refractivity (Wildman–Crippen MR) is 67.3 cm³/mol. The summed E-state index contributed by atoms with van der Waals surface area (Å²) in [6.45, 7) is 10.4. The first-order chi connectivity index (χ1) is 7.63. The molecule has 0 spiro atoms. The van der Waals surface area contributed by atoms with Gasteiger partial charge in [-0.2, -0.15) is 5.10 Å². The molecule has 0 aliphatic carbocycles. The van der Waals surface area contributed by atoms with E-state index in [0.717, 1.165) is 5.56 Å². The fraction of sp³-hybridized carbons (Fsp3) is 0.667. The molecule has 0 saturated heterocycles. The van der Waals surface area contributed by atoms with Gasteiger partial charge in [-0.25, -0.2) is 0 Å². The van der Waals surface area contributed by atoms with Crippen LogP contribution >= 0.6 is 0 Å². The highest BCUT2D eigenvalue weighted by atomic mass is 16.1. The molecule has 0 aliphatic heterocycles. The van der Waals surface area contributed by atoms with Gasteiger partial charge in [-0.3, -0.25) is 14.8 Å². The number of hydrogen-bond donors (Lipinski definition) is 2. The van der Waals surface area contributed by atoms with Crippen LogP contribution in [0.3, 0.4) is 0 Å². The highest BCUT2D eigenvalue weighted by Crippen LogP contribution is 2.13. The van der Waals surface area contributed by atoms with Crippen molar-refractivity contribution in [3.05, 3.63) is 18.0 Å². The second-order valence-electron chi connectivity index (χ2n) is 5.81. The molecule has 0 radical (unpaired) electrons. The van der Waals surface area contributed by atoms with E-state index in [2.05, 4.69) is 31.2 Å². The molecule has 0 aliphatic rings. The molecule has 17 heavy (non-hydrogen) atoms. The highest BCUT2D eigenvalue weighted by Gasteiger charge is 2.24. The number of hydrogen-bond acceptors (Lipinski definition) is 3. The van der Waals surface area contributed by atoms with E-state index in [1.807, 2.05) is 10.9 Å². The maximum absolute atomic E-state index is 11.1. The maximum atomic E-state index is 11.1. The lowest BCUT2D eigenvalue weighted by atomic mass is 10.1. The Bertz CT molecular complexity index is 401. The Balaban J connectivity index is 2.66. The van der Waals surface area contributed by atoms with E-state index >= 15 is 0 Å². The van der Waals surface area contributed by atoms with Crippen LogP contribution in [0.5, 0.6) is 0 Å². The third kappa shape index (κ3) is 3.56. The van der Waals surface area contributed by atoms with E-state index in [0.29, 0.717) is 6.54 Å². The zero-order valence-corrected chi connectivity index (χ0v) is 11.2. The lowest BCUT2D eigenvalue weighted by Crippen LogP contribution is -2.50. The van der Waals surface area contributed by atoms with E-state index in [9.17, 15) is 4.79 Å². The summed E-state index contributed by atoms with van der Waals surface area (Å²) in [6.07, 6.45) is 3.78. The maximum Gasteiger partial charge on any atom is 0.237 e. The molecule has 5 heteroatoms. The summed E-state index contributed by atoms with van der Waals surface area (Å²) in [4.78, 5) is 11.1. The Morgan fingerprint density at radius 3 is 2.41 bits per heavy atom. The van der Waals surface area contributed by atoms with E-state index in [1.165, 1.54) is 0 Å². The Morgan fingerprint density at radius 1 is 1.41 bits per heavy atom. The summed E-state index contributed by atoms with van der Waals surface area (Å²) in [6, 6.07) is 0. The van der Waals surface area contributed by atoms with Crippen molar-refractivity contribution >= 4 is 5.91 Å². The normalized spacial score (nSPS) is 12.8. The Kier molecular flexibility index (Phi) is 3.62. The average Bonchev–Trinajstić information content (AvgIpc) is 2.62. The zero-order chi connectivity index (χ0) is 13.3. The van der Waals surface area contributed by atoms with Crippen LogP contribution in [0.2, 0.25) is 0 Å². The number of primary amides is 1. The molecule has 0 unspecified atom stereocenters. The van der Waals surface area contributed by atoms with Crippen LogP contribution < -0.4 is 11.1 Å². The van der Waals surface area contributed by atoms with E-state index < -0.39 is 5.54 Å². The number of nitrogens with zero attached hydrogens (tertiary/aromatic N) is 2. The SMILES string of the molecule is CC(C)(NCc1cnn(C(C)(C)C)c1)C(N)=O. The van der Waals surface area contributed by atoms with Gasteiger partial charge in [-0.05, 0) is 34.6 Å². The Hall–Kier alpha value is -1.36. The lowest BCUT2D eigenvalue weighted by Gasteiger charge is -2.22. The number of rotatable bonds is 4. The van der Waals surface area contributed by atoms with Crippen LogP contribution in [0.15, 0.2) is 12.4 Å². The Labute approximate surface area is 102 Å². The van der Waals surface area contributed by atoms with Crippen LogP contribution in [0, 0.1) is 0 Å². The minimum Gasteiger partial charge on any atom is -0.368 e. The fourth-order valence-corrected chi connectivity index (χ4v) is 1.23. The van der Waals surface area contributed by atoms with Crippen molar-refractivity contribution in [2.75, 3.05) is 0 Å². The molecular weight excluding hydrogens is 216 g/mol. The summed E-state index contributed by atoms with van der Waals surface area (Å²) >= 11 is 0. The molecule has 96 valence electrons. The number of nitrogens with two attached hydrogens (primary N) is 1. The van der Waals surface area contributed by atoms with Crippen molar-refractivity contribution in [1.29, 1.82) is 0 Å². The molecule has 0 aromatic carbocycles. The first kappa shape index (κ1) is 13.7. The second-order valence-corrected chi connectivity index (χ2v) is 5.81. The molecular formula is C12H22N4O. The fourth-order valence-electron chi connectivity index (χ4n) is 1.23. The number of amides is 1. The van der Waals surface area contributed by atoms with E-state index in [-0.39, 0.29) is 11.4 Å². The molecule has 1 amide bonds. The minimum atomic E-state index is -0.705. The topological polar surface area (TPSA) is 72.9 Å². The molecule has 0 bridgehead atoms. The van der Waals surface area contributed by atoms with Gasteiger partial charge >= 0.3 is 0 Å². The van der Waals surface area contributed by atoms with Gasteiger partial charge in [0.15, 0.2) is 0 Å². The van der Waals surface area contributed by atoms with Crippen LogP contribution in [0.1, 0.15) is 40.2 Å². The van der Waals surface area contributed by atoms with Crippen molar-refractivity contribution in [2.45, 2.75) is 52.2 Å². The van der Waals surface area contributed by atoms with Crippen molar-refractivity contribution in [2.24, 2.45) is 5.73 Å². The molecule has 5 nitrogen and oxygen atoms in total. The summed E-state index contributed by atoms with van der Waals surface area (Å²) < 4.78 is 1.90. The van der Waals surface area contributed by atoms with Crippen LogP contribution in [-0.2, 0) is 16.9 Å². The van der Waals surface area contributed by atoms with Crippen molar-refractivity contribution in [1.82, 2.24) is 15.1 Å². The van der Waals surface area contributed by atoms with Gasteiger partial charge in [0.1, 0.15) is 0 Å². The smallest absolute Gasteiger partial charge is 0.237 e. The van der Waals surface area contributed by atoms with Crippen LogP contribution in [0.4, 0.5) is 0 Å². The molecule has 1 aromatic rings. The van der Waals surface area contributed by atoms with Gasteiger partial charge in [-0.1, -0.05) is 0 Å². The highest BCUT2D eigenvalue weighted by molar-refractivity contribution is 5.83. The van der Waals surface area contributed by atoms with E-state index in [1.54, 1.807) is 20.0 Å². The number of carbonyl (C=O) groups is 1. The number of aromatic nitrogens is 2. The van der Waals surface area contributed by atoms with Gasteiger partial charge in [-0.15, -0.1) is 0 Å². The zero-order valence-electron chi connectivity index (χ0n) is 11.2. The third-order valence-electron chi connectivity index (χ3n) is 2.67. The molecule has 0 saturated carbocycles. The molecule has 1 heterocycles. The molecule has 1 rings (SSSR count). The summed E-state index contributed by atoms with van der Waals surface area (Å²) in [7, 11) is 0. The van der Waals surface area contributed by atoms with Crippen molar-refractivity contribution in [3.63, 3.8) is 0 Å². The average molecular weight is 238 g/mol. The summed E-state index contributed by atoms with van der Waals surface area (Å²) in [5, 5.41) is 7.41. The van der Waals surface area contributed by atoms with Crippen LogP contribution in [-0.4, -0.2) is 21.2 Å². The minimum absolute atomic E-state index is 0.0303. The quantitative estimate of drug-likeness (QED) is 0.821. The van der Waals surface area contributed by atoms with Gasteiger partial charge < -0.3 is 5.73 Å². The van der Waals surface area contributed by atoms with Gasteiger partial charge in [0, 0.05) is 18.3 Å².